The second kappa shape index (κ2) is 5.25. The van der Waals surface area contributed by atoms with Crippen LogP contribution in [0.4, 0.5) is 0 Å². The highest BCUT2D eigenvalue weighted by Crippen LogP contribution is 2.07. The van der Waals surface area contributed by atoms with E-state index in [0.29, 0.717) is 25.6 Å². The molecule has 0 aromatic rings. The molecule has 1 fully saturated rings. The van der Waals surface area contributed by atoms with Crippen LogP contribution in [0.2, 0.25) is 0 Å². The predicted molar refractivity (Wildman–Crippen MR) is 61.1 cm³/mol. The van der Waals surface area contributed by atoms with Gasteiger partial charge in [-0.25, -0.2) is 8.42 Å². The number of piperazine rings is 1. The Bertz CT molecular complexity index is 284. The third-order valence-corrected chi connectivity index (χ3v) is 4.08. The average Bonchev–Trinajstić information content (AvgIpc) is 2.17. The van der Waals surface area contributed by atoms with Crippen LogP contribution in [0.5, 0.6) is 0 Å². The van der Waals surface area contributed by atoms with Gasteiger partial charge in [-0.1, -0.05) is 6.92 Å². The van der Waals surface area contributed by atoms with Gasteiger partial charge in [-0.05, 0) is 12.5 Å². The highest BCUT2D eigenvalue weighted by atomic mass is 32.2. The topological polar surface area (TPSA) is 66.6 Å². The van der Waals surface area contributed by atoms with E-state index in [4.69, 9.17) is 5.73 Å². The minimum atomic E-state index is -3.00. The third-order valence-electron chi connectivity index (χ3n) is 2.77. The van der Waals surface area contributed by atoms with Crippen molar-refractivity contribution in [2.24, 2.45) is 11.7 Å². The van der Waals surface area contributed by atoms with Gasteiger partial charge in [0.05, 0.1) is 6.26 Å². The van der Waals surface area contributed by atoms with Gasteiger partial charge in [0.25, 0.3) is 0 Å². The first kappa shape index (κ1) is 12.9. The second-order valence-corrected chi connectivity index (χ2v) is 6.29. The van der Waals surface area contributed by atoms with Gasteiger partial charge in [-0.15, -0.1) is 0 Å². The zero-order chi connectivity index (χ0) is 11.5. The predicted octanol–water partition coefficient (Wildman–Crippen LogP) is -0.842. The standard InChI is InChI=1S/C9H21N3O2S/c1-9(7-10)8-11-3-5-12(6-4-11)15(2,13)14/h9H,3-8,10H2,1-2H3. The van der Waals surface area contributed by atoms with Crippen LogP contribution < -0.4 is 5.73 Å². The van der Waals surface area contributed by atoms with Crippen molar-refractivity contribution >= 4 is 10.0 Å². The highest BCUT2D eigenvalue weighted by molar-refractivity contribution is 7.88. The van der Waals surface area contributed by atoms with E-state index in [1.807, 2.05) is 0 Å². The summed E-state index contributed by atoms with van der Waals surface area (Å²) in [5.74, 6) is 0.481. The lowest BCUT2D eigenvalue weighted by molar-refractivity contribution is 0.170. The van der Waals surface area contributed by atoms with E-state index in [9.17, 15) is 8.42 Å². The molecule has 1 aliphatic rings. The van der Waals surface area contributed by atoms with Gasteiger partial charge in [0.1, 0.15) is 0 Å². The van der Waals surface area contributed by atoms with E-state index in [0.717, 1.165) is 19.6 Å². The molecule has 0 aliphatic carbocycles. The summed E-state index contributed by atoms with van der Waals surface area (Å²) in [5, 5.41) is 0. The van der Waals surface area contributed by atoms with Crippen LogP contribution >= 0.6 is 0 Å². The van der Waals surface area contributed by atoms with Gasteiger partial charge in [0.15, 0.2) is 0 Å². The second-order valence-electron chi connectivity index (χ2n) is 4.30. The summed E-state index contributed by atoms with van der Waals surface area (Å²) in [7, 11) is -3.00. The zero-order valence-corrected chi connectivity index (χ0v) is 10.3. The molecular weight excluding hydrogens is 214 g/mol. The summed E-state index contributed by atoms with van der Waals surface area (Å²) >= 11 is 0. The van der Waals surface area contributed by atoms with E-state index >= 15 is 0 Å². The molecule has 1 unspecified atom stereocenters. The van der Waals surface area contributed by atoms with E-state index in [2.05, 4.69) is 11.8 Å². The maximum absolute atomic E-state index is 11.3. The molecule has 0 spiro atoms. The fourth-order valence-corrected chi connectivity index (χ4v) is 2.59. The molecule has 1 aliphatic heterocycles. The fourth-order valence-electron chi connectivity index (χ4n) is 1.76. The van der Waals surface area contributed by atoms with Crippen LogP contribution in [0.3, 0.4) is 0 Å². The summed E-state index contributed by atoms with van der Waals surface area (Å²) < 4.78 is 24.1. The molecule has 0 aromatic carbocycles. The van der Waals surface area contributed by atoms with Crippen molar-refractivity contribution in [2.45, 2.75) is 6.92 Å². The molecular formula is C9H21N3O2S. The molecule has 90 valence electrons. The molecule has 0 amide bonds. The Morgan fingerprint density at radius 2 is 1.80 bits per heavy atom. The maximum atomic E-state index is 11.3. The molecule has 2 N–H and O–H groups in total. The van der Waals surface area contributed by atoms with E-state index in [1.54, 1.807) is 0 Å². The molecule has 0 bridgehead atoms. The van der Waals surface area contributed by atoms with Gasteiger partial charge in [-0.2, -0.15) is 4.31 Å². The van der Waals surface area contributed by atoms with Crippen molar-refractivity contribution < 1.29 is 8.42 Å². The minimum Gasteiger partial charge on any atom is -0.330 e. The van der Waals surface area contributed by atoms with Gasteiger partial charge >= 0.3 is 0 Å². The Balaban J connectivity index is 2.36. The van der Waals surface area contributed by atoms with E-state index < -0.39 is 10.0 Å². The quantitative estimate of drug-likeness (QED) is 0.690. The highest BCUT2D eigenvalue weighted by Gasteiger charge is 2.23. The Morgan fingerprint density at radius 3 is 2.20 bits per heavy atom. The lowest BCUT2D eigenvalue weighted by Gasteiger charge is -2.34. The number of hydrogen-bond acceptors (Lipinski definition) is 4. The average molecular weight is 235 g/mol. The lowest BCUT2D eigenvalue weighted by Crippen LogP contribution is -2.49. The molecule has 0 aromatic heterocycles. The first-order valence-corrected chi connectivity index (χ1v) is 7.16. The third kappa shape index (κ3) is 4.06. The van der Waals surface area contributed by atoms with Crippen molar-refractivity contribution in [3.05, 3.63) is 0 Å². The van der Waals surface area contributed by atoms with Crippen molar-refractivity contribution in [3.8, 4) is 0 Å². The largest absolute Gasteiger partial charge is 0.330 e. The first-order chi connectivity index (χ1) is 6.93. The van der Waals surface area contributed by atoms with Crippen molar-refractivity contribution in [2.75, 3.05) is 45.5 Å². The number of nitrogens with zero attached hydrogens (tertiary/aromatic N) is 2. The zero-order valence-electron chi connectivity index (χ0n) is 9.52. The van der Waals surface area contributed by atoms with E-state index in [1.165, 1.54) is 10.6 Å². The summed E-state index contributed by atoms with van der Waals surface area (Å²) in [6.07, 6.45) is 1.27. The number of sulfonamides is 1. The summed E-state index contributed by atoms with van der Waals surface area (Å²) in [6.45, 7) is 6.62. The SMILES string of the molecule is CC(CN)CN1CCN(S(C)(=O)=O)CC1. The van der Waals surface area contributed by atoms with Gasteiger partial charge in [0, 0.05) is 32.7 Å². The van der Waals surface area contributed by atoms with Crippen LogP contribution in [0.1, 0.15) is 6.92 Å². The summed E-state index contributed by atoms with van der Waals surface area (Å²) in [5.41, 5.74) is 5.55. The van der Waals surface area contributed by atoms with Crippen LogP contribution in [0, 0.1) is 5.92 Å². The number of rotatable bonds is 4. The molecule has 15 heavy (non-hydrogen) atoms. The first-order valence-electron chi connectivity index (χ1n) is 5.31. The summed E-state index contributed by atoms with van der Waals surface area (Å²) in [6, 6.07) is 0. The van der Waals surface area contributed by atoms with E-state index in [-0.39, 0.29) is 0 Å². The van der Waals surface area contributed by atoms with Gasteiger partial charge in [-0.3, -0.25) is 0 Å². The van der Waals surface area contributed by atoms with Gasteiger partial charge < -0.3 is 10.6 Å². The number of nitrogens with two attached hydrogens (primary N) is 1. The van der Waals surface area contributed by atoms with Crippen LogP contribution in [0.25, 0.3) is 0 Å². The Labute approximate surface area is 92.3 Å². The number of hydrogen-bond donors (Lipinski definition) is 1. The molecule has 1 saturated heterocycles. The maximum Gasteiger partial charge on any atom is 0.211 e. The Hall–Kier alpha value is -0.170. The van der Waals surface area contributed by atoms with Crippen molar-refractivity contribution in [1.29, 1.82) is 0 Å². The van der Waals surface area contributed by atoms with Crippen LogP contribution in [-0.4, -0.2) is 63.1 Å². The smallest absolute Gasteiger partial charge is 0.211 e. The van der Waals surface area contributed by atoms with Crippen molar-refractivity contribution in [1.82, 2.24) is 9.21 Å². The minimum absolute atomic E-state index is 0.481. The summed E-state index contributed by atoms with van der Waals surface area (Å²) in [4.78, 5) is 2.28. The molecule has 1 atom stereocenters. The lowest BCUT2D eigenvalue weighted by atomic mass is 10.1. The molecule has 6 heteroatoms. The Kier molecular flexibility index (Phi) is 4.51. The van der Waals surface area contributed by atoms with Crippen LogP contribution in [-0.2, 0) is 10.0 Å². The molecule has 1 heterocycles. The van der Waals surface area contributed by atoms with Crippen molar-refractivity contribution in [3.63, 3.8) is 0 Å². The fraction of sp³-hybridized carbons (Fsp3) is 1.00. The molecule has 1 rings (SSSR count). The normalized spacial score (nSPS) is 22.9. The molecule has 5 nitrogen and oxygen atoms in total. The molecule has 0 saturated carbocycles. The van der Waals surface area contributed by atoms with Crippen LogP contribution in [0.15, 0.2) is 0 Å². The monoisotopic (exact) mass is 235 g/mol. The molecule has 0 radical (unpaired) electrons. The Morgan fingerprint density at radius 1 is 1.27 bits per heavy atom. The van der Waals surface area contributed by atoms with Gasteiger partial charge in [0.2, 0.25) is 10.0 Å².